The van der Waals surface area contributed by atoms with E-state index in [2.05, 4.69) is 15.6 Å². The Labute approximate surface area is 181 Å². The van der Waals surface area contributed by atoms with Gasteiger partial charge in [-0.15, -0.1) is 0 Å². The number of hydrogen-bond donors (Lipinski definition) is 1. The minimum absolute atomic E-state index is 0.142. The molecule has 2 heterocycles. The van der Waals surface area contributed by atoms with Crippen molar-refractivity contribution in [3.05, 3.63) is 83.8 Å². The molecule has 0 spiro atoms. The molecular formula is C23H25N5O3. The van der Waals surface area contributed by atoms with Gasteiger partial charge in [-0.25, -0.2) is 0 Å². The number of amides is 1. The number of nitrogens with one attached hydrogen (secondary N) is 1. The minimum atomic E-state index is -0.376. The standard InChI is InChI=1S/C23H25N5O3/c1-27(2)15-21-24-22(26-31-21)20-13-19(25-30-3)14-28(20)23(29)18-11-9-17(10-12-18)16-7-5-4-6-8-16/h4-12,14,20,25H,13,15H2,1-3H3. The van der Waals surface area contributed by atoms with Crippen LogP contribution in [0.1, 0.15) is 34.5 Å². The lowest BCUT2D eigenvalue weighted by atomic mass is 10.0. The molecule has 0 bridgehead atoms. The molecule has 4 rings (SSSR count). The van der Waals surface area contributed by atoms with E-state index in [0.29, 0.717) is 30.2 Å². The first-order chi connectivity index (χ1) is 15.0. The van der Waals surface area contributed by atoms with Crippen LogP contribution in [0, 0.1) is 0 Å². The molecule has 1 unspecified atom stereocenters. The predicted molar refractivity (Wildman–Crippen MR) is 115 cm³/mol. The van der Waals surface area contributed by atoms with E-state index < -0.39 is 0 Å². The average molecular weight is 419 g/mol. The number of carbonyl (C=O) groups is 1. The average Bonchev–Trinajstić information content (AvgIpc) is 3.41. The predicted octanol–water partition coefficient (Wildman–Crippen LogP) is 3.38. The number of nitrogens with zero attached hydrogens (tertiary/aromatic N) is 4. The smallest absolute Gasteiger partial charge is 0.258 e. The zero-order valence-corrected chi connectivity index (χ0v) is 17.8. The first kappa shape index (κ1) is 20.8. The van der Waals surface area contributed by atoms with Crippen LogP contribution >= 0.6 is 0 Å². The Morgan fingerprint density at radius 3 is 2.55 bits per heavy atom. The molecule has 8 heteroatoms. The highest BCUT2D eigenvalue weighted by Crippen LogP contribution is 2.33. The Morgan fingerprint density at radius 2 is 1.87 bits per heavy atom. The van der Waals surface area contributed by atoms with Crippen molar-refractivity contribution >= 4 is 5.91 Å². The number of aromatic nitrogens is 2. The Bertz CT molecular complexity index is 1060. The van der Waals surface area contributed by atoms with Gasteiger partial charge in [0.2, 0.25) is 5.89 Å². The molecule has 0 aliphatic carbocycles. The lowest BCUT2D eigenvalue weighted by Gasteiger charge is -2.21. The Kier molecular flexibility index (Phi) is 6.11. The second kappa shape index (κ2) is 9.11. The molecule has 31 heavy (non-hydrogen) atoms. The highest BCUT2D eigenvalue weighted by Gasteiger charge is 2.34. The third kappa shape index (κ3) is 4.65. The maximum absolute atomic E-state index is 13.3. The van der Waals surface area contributed by atoms with Gasteiger partial charge in [0.15, 0.2) is 5.82 Å². The van der Waals surface area contributed by atoms with Crippen LogP contribution in [0.3, 0.4) is 0 Å². The van der Waals surface area contributed by atoms with Gasteiger partial charge in [-0.2, -0.15) is 4.98 Å². The summed E-state index contributed by atoms with van der Waals surface area (Å²) in [5.74, 6) is 0.833. The fourth-order valence-corrected chi connectivity index (χ4v) is 3.56. The topological polar surface area (TPSA) is 83.7 Å². The molecule has 3 aromatic rings. The van der Waals surface area contributed by atoms with Crippen LogP contribution in [0.4, 0.5) is 0 Å². The normalized spacial score (nSPS) is 15.9. The second-order valence-corrected chi connectivity index (χ2v) is 7.62. The van der Waals surface area contributed by atoms with Crippen molar-refractivity contribution in [2.24, 2.45) is 0 Å². The monoisotopic (exact) mass is 419 g/mol. The van der Waals surface area contributed by atoms with E-state index >= 15 is 0 Å². The molecule has 0 radical (unpaired) electrons. The van der Waals surface area contributed by atoms with Crippen LogP contribution in [-0.4, -0.2) is 47.1 Å². The largest absolute Gasteiger partial charge is 0.338 e. The molecular weight excluding hydrogens is 394 g/mol. The minimum Gasteiger partial charge on any atom is -0.338 e. The molecule has 1 N–H and O–H groups in total. The molecule has 1 atom stereocenters. The number of hydrogen-bond acceptors (Lipinski definition) is 7. The molecule has 2 aromatic carbocycles. The summed E-state index contributed by atoms with van der Waals surface area (Å²) in [5, 5.41) is 4.12. The zero-order chi connectivity index (χ0) is 21.8. The highest BCUT2D eigenvalue weighted by molar-refractivity contribution is 5.96. The van der Waals surface area contributed by atoms with Gasteiger partial charge in [0.1, 0.15) is 6.04 Å². The molecule has 160 valence electrons. The molecule has 0 fully saturated rings. The number of hydroxylamine groups is 1. The fraction of sp³-hybridized carbons (Fsp3) is 0.261. The van der Waals surface area contributed by atoms with Gasteiger partial charge in [0.25, 0.3) is 5.91 Å². The van der Waals surface area contributed by atoms with Gasteiger partial charge in [-0.05, 0) is 37.4 Å². The van der Waals surface area contributed by atoms with E-state index in [4.69, 9.17) is 9.36 Å². The third-order valence-electron chi connectivity index (χ3n) is 4.98. The summed E-state index contributed by atoms with van der Waals surface area (Å²) >= 11 is 0. The Morgan fingerprint density at radius 1 is 1.16 bits per heavy atom. The van der Waals surface area contributed by atoms with Crippen LogP contribution < -0.4 is 5.48 Å². The van der Waals surface area contributed by atoms with Crippen LogP contribution in [0.5, 0.6) is 0 Å². The van der Waals surface area contributed by atoms with E-state index in [9.17, 15) is 4.79 Å². The molecule has 1 aliphatic rings. The molecule has 1 aromatic heterocycles. The highest BCUT2D eigenvalue weighted by atomic mass is 16.6. The van der Waals surface area contributed by atoms with Crippen molar-refractivity contribution in [2.75, 3.05) is 21.2 Å². The van der Waals surface area contributed by atoms with Crippen molar-refractivity contribution in [3.8, 4) is 11.1 Å². The van der Waals surface area contributed by atoms with Crippen molar-refractivity contribution in [1.29, 1.82) is 0 Å². The molecule has 1 amide bonds. The van der Waals surface area contributed by atoms with Crippen LogP contribution in [-0.2, 0) is 11.4 Å². The molecule has 0 saturated carbocycles. The summed E-state index contributed by atoms with van der Waals surface area (Å²) in [6.45, 7) is 0.533. The van der Waals surface area contributed by atoms with Gasteiger partial charge < -0.3 is 14.3 Å². The van der Waals surface area contributed by atoms with E-state index in [-0.39, 0.29) is 11.9 Å². The second-order valence-electron chi connectivity index (χ2n) is 7.62. The quantitative estimate of drug-likeness (QED) is 0.588. The van der Waals surface area contributed by atoms with Crippen molar-refractivity contribution in [3.63, 3.8) is 0 Å². The first-order valence-electron chi connectivity index (χ1n) is 10.00. The van der Waals surface area contributed by atoms with E-state index in [1.165, 1.54) is 7.11 Å². The zero-order valence-electron chi connectivity index (χ0n) is 17.8. The first-order valence-corrected chi connectivity index (χ1v) is 10.00. The van der Waals surface area contributed by atoms with Crippen LogP contribution in [0.2, 0.25) is 0 Å². The summed E-state index contributed by atoms with van der Waals surface area (Å²) in [4.78, 5) is 26.4. The summed E-state index contributed by atoms with van der Waals surface area (Å²) in [7, 11) is 5.39. The van der Waals surface area contributed by atoms with E-state index in [1.54, 1.807) is 11.1 Å². The maximum Gasteiger partial charge on any atom is 0.258 e. The van der Waals surface area contributed by atoms with E-state index in [0.717, 1.165) is 16.8 Å². The molecule has 1 aliphatic heterocycles. The summed E-state index contributed by atoms with van der Waals surface area (Å²) < 4.78 is 5.37. The fourth-order valence-electron chi connectivity index (χ4n) is 3.56. The molecule has 8 nitrogen and oxygen atoms in total. The van der Waals surface area contributed by atoms with Gasteiger partial charge >= 0.3 is 0 Å². The van der Waals surface area contributed by atoms with Gasteiger partial charge in [0.05, 0.1) is 19.4 Å². The summed E-state index contributed by atoms with van der Waals surface area (Å²) in [6.07, 6.45) is 2.24. The lowest BCUT2D eigenvalue weighted by Crippen LogP contribution is -2.28. The number of carbonyl (C=O) groups excluding carboxylic acids is 1. The number of rotatable bonds is 7. The van der Waals surface area contributed by atoms with Crippen molar-refractivity contribution in [1.82, 2.24) is 25.4 Å². The van der Waals surface area contributed by atoms with Gasteiger partial charge in [0, 0.05) is 18.2 Å². The summed E-state index contributed by atoms with van der Waals surface area (Å²) in [5.41, 5.74) is 6.33. The maximum atomic E-state index is 13.3. The number of benzene rings is 2. The van der Waals surface area contributed by atoms with Crippen molar-refractivity contribution in [2.45, 2.75) is 19.0 Å². The van der Waals surface area contributed by atoms with Crippen molar-refractivity contribution < 1.29 is 14.2 Å². The summed E-state index contributed by atoms with van der Waals surface area (Å²) in [6, 6.07) is 17.3. The third-order valence-corrected chi connectivity index (χ3v) is 4.98. The van der Waals surface area contributed by atoms with E-state index in [1.807, 2.05) is 73.6 Å². The van der Waals surface area contributed by atoms with Gasteiger partial charge in [-0.3, -0.25) is 15.1 Å². The van der Waals surface area contributed by atoms with Crippen LogP contribution in [0.25, 0.3) is 11.1 Å². The lowest BCUT2D eigenvalue weighted by molar-refractivity contribution is 0.0777. The molecule has 0 saturated heterocycles. The Hall–Kier alpha value is -3.49. The van der Waals surface area contributed by atoms with Crippen LogP contribution in [0.15, 0.2) is 71.0 Å². The Balaban J connectivity index is 1.58. The SMILES string of the molecule is CONC1=CN(C(=O)c2ccc(-c3ccccc3)cc2)C(c2noc(CN(C)C)n2)C1. The van der Waals surface area contributed by atoms with Gasteiger partial charge in [-0.1, -0.05) is 47.6 Å².